The maximum absolute atomic E-state index is 9.23. The van der Waals surface area contributed by atoms with Gasteiger partial charge < -0.3 is 14.7 Å². The first kappa shape index (κ1) is 13.4. The fraction of sp³-hybridized carbons (Fsp3) is 0.267. The van der Waals surface area contributed by atoms with Gasteiger partial charge in [0.15, 0.2) is 11.6 Å². The molecule has 0 saturated heterocycles. The van der Waals surface area contributed by atoms with Crippen molar-refractivity contribution in [1.29, 1.82) is 0 Å². The smallest absolute Gasteiger partial charge is 0.171 e. The van der Waals surface area contributed by atoms with Crippen molar-refractivity contribution in [2.75, 3.05) is 25.2 Å². The van der Waals surface area contributed by atoms with E-state index in [1.807, 2.05) is 35.2 Å². The zero-order valence-electron chi connectivity index (χ0n) is 11.0. The Morgan fingerprint density at radius 3 is 2.63 bits per heavy atom. The number of rotatable bonds is 6. The number of aliphatic hydroxyl groups excluding tert-OH is 1. The molecule has 0 unspecified atom stereocenters. The summed E-state index contributed by atoms with van der Waals surface area (Å²) in [5, 5.41) is 9.23. The molecule has 0 fully saturated rings. The van der Waals surface area contributed by atoms with Crippen molar-refractivity contribution in [3.63, 3.8) is 0 Å². The van der Waals surface area contributed by atoms with Crippen LogP contribution >= 0.6 is 0 Å². The van der Waals surface area contributed by atoms with Gasteiger partial charge in [-0.2, -0.15) is 0 Å². The highest BCUT2D eigenvalue weighted by Crippen LogP contribution is 2.25. The van der Waals surface area contributed by atoms with Gasteiger partial charge >= 0.3 is 0 Å². The number of hydrogen-bond acceptors (Lipinski definition) is 4. The number of nitrogens with zero attached hydrogens (tertiary/aromatic N) is 2. The maximum Gasteiger partial charge on any atom is 0.171 e. The Morgan fingerprint density at radius 1 is 1.16 bits per heavy atom. The van der Waals surface area contributed by atoms with Crippen LogP contribution in [0.3, 0.4) is 0 Å². The third kappa shape index (κ3) is 3.45. The largest absolute Gasteiger partial charge is 0.493 e. The summed E-state index contributed by atoms with van der Waals surface area (Å²) in [5.41, 5.74) is 1.17. The minimum Gasteiger partial charge on any atom is -0.493 e. The van der Waals surface area contributed by atoms with Gasteiger partial charge in [-0.05, 0) is 17.7 Å². The number of pyridine rings is 1. The molecular formula is C15H18N2O2. The van der Waals surface area contributed by atoms with E-state index in [4.69, 9.17) is 4.74 Å². The first-order valence-electron chi connectivity index (χ1n) is 6.24. The lowest BCUT2D eigenvalue weighted by molar-refractivity contribution is 0.300. The summed E-state index contributed by atoms with van der Waals surface area (Å²) in [4.78, 5) is 6.36. The number of methoxy groups -OCH3 is 1. The Balaban J connectivity index is 2.24. The Bertz CT molecular complexity index is 503. The summed E-state index contributed by atoms with van der Waals surface area (Å²) in [6, 6.07) is 13.8. The number of anilines is 1. The molecule has 0 radical (unpaired) electrons. The van der Waals surface area contributed by atoms with Crippen LogP contribution in [0.4, 0.5) is 5.82 Å². The summed E-state index contributed by atoms with van der Waals surface area (Å²) in [5.74, 6) is 1.47. The standard InChI is InChI=1S/C15H18N2O2/c1-19-14-8-5-9-16-15(14)17(10-11-18)12-13-6-3-2-4-7-13/h2-9,18H,10-12H2,1H3. The quantitative estimate of drug-likeness (QED) is 0.861. The summed E-state index contributed by atoms with van der Waals surface area (Å²) >= 11 is 0. The van der Waals surface area contributed by atoms with Crippen molar-refractivity contribution >= 4 is 5.82 Å². The van der Waals surface area contributed by atoms with E-state index < -0.39 is 0 Å². The average Bonchev–Trinajstić information content (AvgIpc) is 2.48. The predicted octanol–water partition coefficient (Wildman–Crippen LogP) is 2.09. The molecular weight excluding hydrogens is 240 g/mol. The van der Waals surface area contributed by atoms with E-state index in [0.29, 0.717) is 18.8 Å². The van der Waals surface area contributed by atoms with E-state index in [2.05, 4.69) is 17.1 Å². The molecule has 0 aliphatic heterocycles. The molecule has 0 aliphatic carbocycles. The van der Waals surface area contributed by atoms with Crippen molar-refractivity contribution < 1.29 is 9.84 Å². The van der Waals surface area contributed by atoms with Gasteiger partial charge in [-0.3, -0.25) is 0 Å². The van der Waals surface area contributed by atoms with Crippen LogP contribution in [0.15, 0.2) is 48.7 Å². The fourth-order valence-electron chi connectivity index (χ4n) is 1.96. The van der Waals surface area contributed by atoms with Gasteiger partial charge in [-0.15, -0.1) is 0 Å². The van der Waals surface area contributed by atoms with E-state index in [-0.39, 0.29) is 6.61 Å². The molecule has 1 aromatic heterocycles. The molecule has 0 spiro atoms. The van der Waals surface area contributed by atoms with Crippen molar-refractivity contribution in [2.24, 2.45) is 0 Å². The number of aromatic nitrogens is 1. The van der Waals surface area contributed by atoms with Crippen LogP contribution in [0.2, 0.25) is 0 Å². The van der Waals surface area contributed by atoms with Crippen molar-refractivity contribution in [1.82, 2.24) is 4.98 Å². The van der Waals surface area contributed by atoms with Crippen molar-refractivity contribution in [3.8, 4) is 5.75 Å². The van der Waals surface area contributed by atoms with Gasteiger partial charge in [0.2, 0.25) is 0 Å². The average molecular weight is 258 g/mol. The number of ether oxygens (including phenoxy) is 1. The fourth-order valence-corrected chi connectivity index (χ4v) is 1.96. The molecule has 0 bridgehead atoms. The topological polar surface area (TPSA) is 45.6 Å². The molecule has 4 nitrogen and oxygen atoms in total. The van der Waals surface area contributed by atoms with E-state index in [0.717, 1.165) is 5.82 Å². The Kier molecular flexibility index (Phi) is 4.75. The third-order valence-corrected chi connectivity index (χ3v) is 2.86. The van der Waals surface area contributed by atoms with E-state index in [1.54, 1.807) is 13.3 Å². The summed E-state index contributed by atoms with van der Waals surface area (Å²) in [6.45, 7) is 1.28. The lowest BCUT2D eigenvalue weighted by atomic mass is 10.2. The summed E-state index contributed by atoms with van der Waals surface area (Å²) < 4.78 is 5.32. The SMILES string of the molecule is COc1cccnc1N(CCO)Cc1ccccc1. The normalized spacial score (nSPS) is 10.2. The lowest BCUT2D eigenvalue weighted by Gasteiger charge is -2.24. The van der Waals surface area contributed by atoms with Crippen molar-refractivity contribution in [2.45, 2.75) is 6.54 Å². The second-order valence-electron chi connectivity index (χ2n) is 4.16. The number of benzene rings is 1. The molecule has 0 atom stereocenters. The molecule has 19 heavy (non-hydrogen) atoms. The molecule has 0 saturated carbocycles. The van der Waals surface area contributed by atoms with Gasteiger partial charge in [0.1, 0.15) is 0 Å². The molecule has 1 aromatic carbocycles. The van der Waals surface area contributed by atoms with Crippen LogP contribution < -0.4 is 9.64 Å². The number of aliphatic hydroxyl groups is 1. The van der Waals surface area contributed by atoms with E-state index in [9.17, 15) is 5.11 Å². The van der Waals surface area contributed by atoms with Crippen LogP contribution in [0.1, 0.15) is 5.56 Å². The molecule has 100 valence electrons. The van der Waals surface area contributed by atoms with Gasteiger partial charge in [0, 0.05) is 19.3 Å². The maximum atomic E-state index is 9.23. The van der Waals surface area contributed by atoms with Gasteiger partial charge in [-0.1, -0.05) is 30.3 Å². The zero-order chi connectivity index (χ0) is 13.5. The molecule has 1 N–H and O–H groups in total. The van der Waals surface area contributed by atoms with E-state index in [1.165, 1.54) is 5.56 Å². The number of hydrogen-bond donors (Lipinski definition) is 1. The molecule has 2 rings (SSSR count). The first-order chi connectivity index (χ1) is 9.35. The summed E-state index contributed by atoms with van der Waals surface area (Å²) in [6.07, 6.45) is 1.73. The molecule has 2 aromatic rings. The highest BCUT2D eigenvalue weighted by molar-refractivity contribution is 5.52. The van der Waals surface area contributed by atoms with Gasteiger partial charge in [0.25, 0.3) is 0 Å². The molecule has 0 aliphatic rings. The predicted molar refractivity (Wildman–Crippen MR) is 75.4 cm³/mol. The van der Waals surface area contributed by atoms with Crippen LogP contribution in [-0.2, 0) is 6.54 Å². The van der Waals surface area contributed by atoms with E-state index >= 15 is 0 Å². The van der Waals surface area contributed by atoms with Crippen LogP contribution in [-0.4, -0.2) is 30.4 Å². The van der Waals surface area contributed by atoms with Crippen LogP contribution in [0, 0.1) is 0 Å². The first-order valence-corrected chi connectivity index (χ1v) is 6.24. The Labute approximate surface area is 113 Å². The van der Waals surface area contributed by atoms with Crippen molar-refractivity contribution in [3.05, 3.63) is 54.2 Å². The van der Waals surface area contributed by atoms with Gasteiger partial charge in [-0.25, -0.2) is 4.98 Å². The van der Waals surface area contributed by atoms with Crippen LogP contribution in [0.25, 0.3) is 0 Å². The van der Waals surface area contributed by atoms with Crippen LogP contribution in [0.5, 0.6) is 5.75 Å². The second-order valence-corrected chi connectivity index (χ2v) is 4.16. The summed E-state index contributed by atoms with van der Waals surface area (Å²) in [7, 11) is 1.63. The second kappa shape index (κ2) is 6.75. The molecule has 1 heterocycles. The molecule has 0 amide bonds. The highest BCUT2D eigenvalue weighted by Gasteiger charge is 2.13. The molecule has 4 heteroatoms. The third-order valence-electron chi connectivity index (χ3n) is 2.86. The Hall–Kier alpha value is -2.07. The zero-order valence-corrected chi connectivity index (χ0v) is 11.0. The Morgan fingerprint density at radius 2 is 1.95 bits per heavy atom. The minimum atomic E-state index is 0.0760. The lowest BCUT2D eigenvalue weighted by Crippen LogP contribution is -2.27. The monoisotopic (exact) mass is 258 g/mol. The highest BCUT2D eigenvalue weighted by atomic mass is 16.5. The van der Waals surface area contributed by atoms with Gasteiger partial charge in [0.05, 0.1) is 13.7 Å². The minimum absolute atomic E-state index is 0.0760.